The summed E-state index contributed by atoms with van der Waals surface area (Å²) >= 11 is 0. The third-order valence-corrected chi connectivity index (χ3v) is 3.02. The first-order valence-corrected chi connectivity index (χ1v) is 5.77. The maximum Gasteiger partial charge on any atom is 0.310 e. The molecule has 19 heavy (non-hydrogen) atoms. The molecule has 0 saturated carbocycles. The van der Waals surface area contributed by atoms with E-state index in [1.54, 1.807) is 31.2 Å². The number of hydrogen-bond donors (Lipinski definition) is 1. The van der Waals surface area contributed by atoms with Crippen LogP contribution in [-0.4, -0.2) is 11.1 Å². The maximum atomic E-state index is 13.6. The molecule has 0 heterocycles. The lowest BCUT2D eigenvalue weighted by molar-refractivity contribution is -0.138. The van der Waals surface area contributed by atoms with E-state index >= 15 is 0 Å². The second-order valence-electron chi connectivity index (χ2n) is 4.31. The summed E-state index contributed by atoms with van der Waals surface area (Å²) in [5.41, 5.74) is 1.51. The number of carboxylic acid groups (broad SMARTS) is 1. The lowest BCUT2D eigenvalue weighted by Gasteiger charge is -2.08. The fourth-order valence-electron chi connectivity index (χ4n) is 1.82. The Morgan fingerprint density at radius 1 is 1.11 bits per heavy atom. The Hall–Kier alpha value is -2.23. The zero-order valence-electron chi connectivity index (χ0n) is 10.2. The Labute approximate surface area is 109 Å². The van der Waals surface area contributed by atoms with Crippen LogP contribution in [0.2, 0.25) is 0 Å². The van der Waals surface area contributed by atoms with Crippen LogP contribution in [-0.2, 0) is 4.79 Å². The van der Waals surface area contributed by atoms with Gasteiger partial charge in [0.25, 0.3) is 0 Å². The fraction of sp³-hybridized carbons (Fsp3) is 0.133. The molecule has 0 radical (unpaired) electrons. The van der Waals surface area contributed by atoms with Gasteiger partial charge in [-0.2, -0.15) is 0 Å². The minimum Gasteiger partial charge on any atom is -0.481 e. The second-order valence-corrected chi connectivity index (χ2v) is 4.31. The molecular formula is C15H12F2O2. The van der Waals surface area contributed by atoms with E-state index in [9.17, 15) is 13.6 Å². The lowest BCUT2D eigenvalue weighted by Crippen LogP contribution is -2.06. The number of carbonyl (C=O) groups is 1. The molecule has 1 atom stereocenters. The van der Waals surface area contributed by atoms with Crippen molar-refractivity contribution < 1.29 is 18.7 Å². The van der Waals surface area contributed by atoms with Crippen molar-refractivity contribution in [3.05, 3.63) is 59.7 Å². The van der Waals surface area contributed by atoms with E-state index in [1.807, 2.05) is 0 Å². The largest absolute Gasteiger partial charge is 0.481 e. The van der Waals surface area contributed by atoms with Gasteiger partial charge in [0.15, 0.2) is 0 Å². The Morgan fingerprint density at radius 2 is 1.74 bits per heavy atom. The number of halogens is 2. The highest BCUT2D eigenvalue weighted by Crippen LogP contribution is 2.25. The van der Waals surface area contributed by atoms with E-state index in [0.717, 1.165) is 6.07 Å². The molecule has 0 saturated heterocycles. The molecule has 2 rings (SSSR count). The van der Waals surface area contributed by atoms with Crippen LogP contribution in [0, 0.1) is 11.6 Å². The molecule has 4 heteroatoms. The number of hydrogen-bond acceptors (Lipinski definition) is 1. The van der Waals surface area contributed by atoms with Gasteiger partial charge in [-0.25, -0.2) is 8.78 Å². The van der Waals surface area contributed by atoms with Gasteiger partial charge in [0.05, 0.1) is 5.92 Å². The average molecular weight is 262 g/mol. The topological polar surface area (TPSA) is 37.3 Å². The minimum absolute atomic E-state index is 0.288. The molecule has 0 fully saturated rings. The Morgan fingerprint density at radius 3 is 2.26 bits per heavy atom. The molecule has 0 aliphatic heterocycles. The Balaban J connectivity index is 2.35. The second kappa shape index (κ2) is 5.18. The first kappa shape index (κ1) is 13.2. The summed E-state index contributed by atoms with van der Waals surface area (Å²) in [5, 5.41) is 8.89. The van der Waals surface area contributed by atoms with Crippen LogP contribution in [0.5, 0.6) is 0 Å². The van der Waals surface area contributed by atoms with Gasteiger partial charge in [-0.1, -0.05) is 24.3 Å². The van der Waals surface area contributed by atoms with Crippen molar-refractivity contribution in [2.75, 3.05) is 0 Å². The molecule has 98 valence electrons. The van der Waals surface area contributed by atoms with Gasteiger partial charge in [0, 0.05) is 11.6 Å². The monoisotopic (exact) mass is 262 g/mol. The predicted molar refractivity (Wildman–Crippen MR) is 67.8 cm³/mol. The van der Waals surface area contributed by atoms with Crippen LogP contribution in [0.15, 0.2) is 42.5 Å². The van der Waals surface area contributed by atoms with Crippen molar-refractivity contribution in [2.24, 2.45) is 0 Å². The maximum absolute atomic E-state index is 13.6. The summed E-state index contributed by atoms with van der Waals surface area (Å²) < 4.78 is 26.4. The van der Waals surface area contributed by atoms with E-state index in [-0.39, 0.29) is 5.56 Å². The van der Waals surface area contributed by atoms with Crippen molar-refractivity contribution in [3.63, 3.8) is 0 Å². The molecule has 1 N–H and O–H groups in total. The Kier molecular flexibility index (Phi) is 3.60. The van der Waals surface area contributed by atoms with Crippen LogP contribution in [0.4, 0.5) is 8.78 Å². The van der Waals surface area contributed by atoms with E-state index in [4.69, 9.17) is 5.11 Å². The van der Waals surface area contributed by atoms with E-state index in [1.165, 1.54) is 12.1 Å². The number of carboxylic acids is 1. The van der Waals surface area contributed by atoms with Gasteiger partial charge < -0.3 is 5.11 Å². The van der Waals surface area contributed by atoms with Gasteiger partial charge >= 0.3 is 5.97 Å². The van der Waals surface area contributed by atoms with Crippen LogP contribution in [0.1, 0.15) is 18.4 Å². The summed E-state index contributed by atoms with van der Waals surface area (Å²) in [6.07, 6.45) is 0. The predicted octanol–water partition coefficient (Wildman–Crippen LogP) is 3.82. The standard InChI is InChI=1S/C15H12F2O2/c1-9(15(18)19)10-2-4-11(5-3-10)13-7-6-12(16)8-14(13)17/h2-9H,1H3,(H,18,19). The highest BCUT2D eigenvalue weighted by atomic mass is 19.1. The summed E-state index contributed by atoms with van der Waals surface area (Å²) in [6, 6.07) is 9.90. The zero-order valence-corrected chi connectivity index (χ0v) is 10.2. The fourth-order valence-corrected chi connectivity index (χ4v) is 1.82. The molecule has 0 aromatic heterocycles. The smallest absolute Gasteiger partial charge is 0.310 e. The molecule has 0 spiro atoms. The summed E-state index contributed by atoms with van der Waals surface area (Å²) in [6.45, 7) is 1.58. The third-order valence-electron chi connectivity index (χ3n) is 3.02. The van der Waals surface area contributed by atoms with Gasteiger partial charge in [0.2, 0.25) is 0 Å². The molecule has 0 aliphatic carbocycles. The molecule has 2 nitrogen and oxygen atoms in total. The molecule has 0 aliphatic rings. The lowest BCUT2D eigenvalue weighted by atomic mass is 9.97. The highest BCUT2D eigenvalue weighted by molar-refractivity contribution is 5.76. The number of aliphatic carboxylic acids is 1. The van der Waals surface area contributed by atoms with Crippen molar-refractivity contribution in [1.29, 1.82) is 0 Å². The summed E-state index contributed by atoms with van der Waals surface area (Å²) in [4.78, 5) is 10.8. The molecule has 2 aromatic carbocycles. The van der Waals surface area contributed by atoms with Crippen LogP contribution in [0.3, 0.4) is 0 Å². The molecule has 1 unspecified atom stereocenters. The quantitative estimate of drug-likeness (QED) is 0.913. The van der Waals surface area contributed by atoms with Gasteiger partial charge in [-0.3, -0.25) is 4.79 Å². The minimum atomic E-state index is -0.916. The molecular weight excluding hydrogens is 250 g/mol. The molecule has 2 aromatic rings. The SMILES string of the molecule is CC(C(=O)O)c1ccc(-c2ccc(F)cc2F)cc1. The molecule has 0 amide bonds. The van der Waals surface area contributed by atoms with Crippen molar-refractivity contribution in [2.45, 2.75) is 12.8 Å². The normalized spacial score (nSPS) is 12.2. The summed E-state index contributed by atoms with van der Waals surface area (Å²) in [7, 11) is 0. The van der Waals surface area contributed by atoms with Gasteiger partial charge in [0.1, 0.15) is 11.6 Å². The van der Waals surface area contributed by atoms with Crippen molar-refractivity contribution in [1.82, 2.24) is 0 Å². The van der Waals surface area contributed by atoms with Crippen LogP contribution in [0.25, 0.3) is 11.1 Å². The van der Waals surface area contributed by atoms with Crippen LogP contribution < -0.4 is 0 Å². The molecule has 0 bridgehead atoms. The van der Waals surface area contributed by atoms with E-state index in [0.29, 0.717) is 11.1 Å². The first-order valence-electron chi connectivity index (χ1n) is 5.77. The van der Waals surface area contributed by atoms with Gasteiger partial charge in [-0.05, 0) is 30.2 Å². The first-order chi connectivity index (χ1) is 8.99. The number of rotatable bonds is 3. The van der Waals surface area contributed by atoms with E-state index in [2.05, 4.69) is 0 Å². The zero-order chi connectivity index (χ0) is 14.0. The number of benzene rings is 2. The average Bonchev–Trinajstić information content (AvgIpc) is 2.38. The van der Waals surface area contributed by atoms with E-state index < -0.39 is 23.5 Å². The van der Waals surface area contributed by atoms with Crippen molar-refractivity contribution in [3.8, 4) is 11.1 Å². The Bertz CT molecular complexity index is 606. The highest BCUT2D eigenvalue weighted by Gasteiger charge is 2.14. The van der Waals surface area contributed by atoms with Gasteiger partial charge in [-0.15, -0.1) is 0 Å². The van der Waals surface area contributed by atoms with Crippen molar-refractivity contribution >= 4 is 5.97 Å². The summed E-state index contributed by atoms with van der Waals surface area (Å²) in [5.74, 6) is -2.80. The third kappa shape index (κ3) is 2.78. The van der Waals surface area contributed by atoms with Crippen LogP contribution >= 0.6 is 0 Å².